The highest BCUT2D eigenvalue weighted by molar-refractivity contribution is 7.09. The molecular weight excluding hydrogens is 334 g/mol. The zero-order valence-corrected chi connectivity index (χ0v) is 14.4. The molecule has 0 unspecified atom stereocenters. The van der Waals surface area contributed by atoms with Crippen molar-refractivity contribution in [2.24, 2.45) is 0 Å². The van der Waals surface area contributed by atoms with Crippen LogP contribution in [0.5, 0.6) is 5.75 Å². The highest BCUT2D eigenvalue weighted by Gasteiger charge is 2.06. The number of nitrogens with zero attached hydrogens (tertiary/aromatic N) is 1. The molecule has 2 aromatic carbocycles. The maximum absolute atomic E-state index is 11.8. The molecule has 0 saturated carbocycles. The molecule has 0 bridgehead atoms. The van der Waals surface area contributed by atoms with E-state index in [1.165, 1.54) is 0 Å². The van der Waals surface area contributed by atoms with Crippen molar-refractivity contribution >= 4 is 17.4 Å². The Morgan fingerprint density at radius 2 is 1.80 bits per heavy atom. The zero-order chi connectivity index (χ0) is 17.5. The molecule has 3 N–H and O–H groups in total. The molecule has 3 rings (SSSR count). The van der Waals surface area contributed by atoms with E-state index in [9.17, 15) is 9.90 Å². The second-order valence-electron chi connectivity index (χ2n) is 5.52. The summed E-state index contributed by atoms with van der Waals surface area (Å²) in [5, 5.41) is 17.9. The van der Waals surface area contributed by atoms with Crippen LogP contribution >= 0.6 is 11.3 Å². The Kier molecular flexibility index (Phi) is 5.64. The van der Waals surface area contributed by atoms with E-state index in [-0.39, 0.29) is 11.8 Å². The molecule has 0 radical (unpaired) electrons. The summed E-state index contributed by atoms with van der Waals surface area (Å²) < 4.78 is 0. The molecule has 25 heavy (non-hydrogen) atoms. The summed E-state index contributed by atoms with van der Waals surface area (Å²) in [5.74, 6) is 0.241. The Hall–Kier alpha value is -2.86. The number of rotatable bonds is 6. The monoisotopic (exact) mass is 353 g/mol. The van der Waals surface area contributed by atoms with E-state index in [0.717, 1.165) is 21.8 Å². The maximum Gasteiger partial charge on any atom is 0.315 e. The second-order valence-corrected chi connectivity index (χ2v) is 6.46. The summed E-state index contributed by atoms with van der Waals surface area (Å²) in [6.07, 6.45) is 0.682. The lowest BCUT2D eigenvalue weighted by molar-refractivity contribution is 0.240. The van der Waals surface area contributed by atoms with Crippen LogP contribution in [0.2, 0.25) is 0 Å². The third kappa shape index (κ3) is 5.06. The molecule has 5 nitrogen and oxygen atoms in total. The van der Waals surface area contributed by atoms with E-state index in [0.29, 0.717) is 19.5 Å². The van der Waals surface area contributed by atoms with Crippen LogP contribution in [0.4, 0.5) is 4.79 Å². The first-order valence-corrected chi connectivity index (χ1v) is 8.88. The number of hydrogen-bond acceptors (Lipinski definition) is 4. The van der Waals surface area contributed by atoms with E-state index < -0.39 is 0 Å². The average molecular weight is 353 g/mol. The summed E-state index contributed by atoms with van der Waals surface area (Å²) in [4.78, 5) is 16.4. The SMILES string of the molecule is O=C(NCCc1nc(-c2ccc(O)cc2)cs1)NCc1ccccc1. The first-order chi connectivity index (χ1) is 12.2. The van der Waals surface area contributed by atoms with Gasteiger partial charge in [-0.3, -0.25) is 0 Å². The standard InChI is InChI=1S/C19H19N3O2S/c23-16-8-6-15(7-9-16)17-13-25-18(22-17)10-11-20-19(24)21-12-14-4-2-1-3-5-14/h1-9,13,23H,10-12H2,(H2,20,21,24). The summed E-state index contributed by atoms with van der Waals surface area (Å²) in [6, 6.07) is 16.6. The van der Waals surface area contributed by atoms with Crippen LogP contribution in [0.1, 0.15) is 10.6 Å². The van der Waals surface area contributed by atoms with Crippen LogP contribution in [-0.2, 0) is 13.0 Å². The lowest BCUT2D eigenvalue weighted by Gasteiger charge is -2.06. The predicted octanol–water partition coefficient (Wildman–Crippen LogP) is 3.56. The Bertz CT molecular complexity index is 816. The van der Waals surface area contributed by atoms with Crippen molar-refractivity contribution < 1.29 is 9.90 Å². The van der Waals surface area contributed by atoms with Gasteiger partial charge in [-0.2, -0.15) is 0 Å². The highest BCUT2D eigenvalue weighted by atomic mass is 32.1. The molecule has 0 fully saturated rings. The molecule has 0 atom stereocenters. The van der Waals surface area contributed by atoms with Crippen LogP contribution in [0.15, 0.2) is 60.0 Å². The van der Waals surface area contributed by atoms with Gasteiger partial charge in [0.15, 0.2) is 0 Å². The van der Waals surface area contributed by atoms with E-state index >= 15 is 0 Å². The van der Waals surface area contributed by atoms with Crippen LogP contribution in [0.25, 0.3) is 11.3 Å². The first-order valence-electron chi connectivity index (χ1n) is 8.00. The summed E-state index contributed by atoms with van der Waals surface area (Å²) >= 11 is 1.57. The molecule has 2 amide bonds. The number of benzene rings is 2. The Morgan fingerprint density at radius 3 is 2.56 bits per heavy atom. The number of aromatic hydroxyl groups is 1. The van der Waals surface area contributed by atoms with Crippen molar-refractivity contribution in [3.8, 4) is 17.0 Å². The van der Waals surface area contributed by atoms with Crippen LogP contribution in [0.3, 0.4) is 0 Å². The van der Waals surface area contributed by atoms with Gasteiger partial charge in [0.05, 0.1) is 10.7 Å². The van der Waals surface area contributed by atoms with Gasteiger partial charge in [-0.25, -0.2) is 9.78 Å². The second kappa shape index (κ2) is 8.30. The number of urea groups is 1. The topological polar surface area (TPSA) is 74.2 Å². The van der Waals surface area contributed by atoms with Crippen LogP contribution in [0, 0.1) is 0 Å². The van der Waals surface area contributed by atoms with E-state index in [2.05, 4.69) is 15.6 Å². The number of carbonyl (C=O) groups is 1. The van der Waals surface area contributed by atoms with Gasteiger partial charge in [0.1, 0.15) is 5.75 Å². The minimum atomic E-state index is -0.181. The van der Waals surface area contributed by atoms with Crippen molar-refractivity contribution in [2.45, 2.75) is 13.0 Å². The maximum atomic E-state index is 11.8. The van der Waals surface area contributed by atoms with Crippen molar-refractivity contribution in [1.29, 1.82) is 0 Å². The van der Waals surface area contributed by atoms with E-state index in [1.807, 2.05) is 47.8 Å². The molecule has 0 saturated heterocycles. The normalized spacial score (nSPS) is 10.4. The third-order valence-corrected chi connectivity index (χ3v) is 4.54. The van der Waals surface area contributed by atoms with Gasteiger partial charge >= 0.3 is 6.03 Å². The van der Waals surface area contributed by atoms with Gasteiger partial charge < -0.3 is 15.7 Å². The predicted molar refractivity (Wildman–Crippen MR) is 99.6 cm³/mol. The molecule has 0 aliphatic carbocycles. The number of thiazole rings is 1. The number of phenolic OH excluding ortho intramolecular Hbond substituents is 1. The third-order valence-electron chi connectivity index (χ3n) is 3.64. The number of amides is 2. The van der Waals surface area contributed by atoms with Gasteiger partial charge in [-0.05, 0) is 29.8 Å². The molecule has 1 heterocycles. The molecular formula is C19H19N3O2S. The van der Waals surface area contributed by atoms with Gasteiger partial charge in [-0.1, -0.05) is 30.3 Å². The van der Waals surface area contributed by atoms with Crippen molar-refractivity contribution in [3.63, 3.8) is 0 Å². The smallest absolute Gasteiger partial charge is 0.315 e. The van der Waals surface area contributed by atoms with Gasteiger partial charge in [0.2, 0.25) is 0 Å². The number of carbonyl (C=O) groups excluding carboxylic acids is 1. The molecule has 0 spiro atoms. The fraction of sp³-hybridized carbons (Fsp3) is 0.158. The zero-order valence-electron chi connectivity index (χ0n) is 13.6. The Balaban J connectivity index is 1.43. The molecule has 0 aliphatic rings. The lowest BCUT2D eigenvalue weighted by Crippen LogP contribution is -2.36. The fourth-order valence-corrected chi connectivity index (χ4v) is 3.12. The minimum absolute atomic E-state index is 0.181. The van der Waals surface area contributed by atoms with Crippen molar-refractivity contribution in [3.05, 3.63) is 70.5 Å². The first kappa shape index (κ1) is 17.0. The van der Waals surface area contributed by atoms with Gasteiger partial charge in [0, 0.05) is 30.5 Å². The van der Waals surface area contributed by atoms with Crippen molar-refractivity contribution in [1.82, 2.24) is 15.6 Å². The summed E-state index contributed by atoms with van der Waals surface area (Å²) in [7, 11) is 0. The number of nitrogens with one attached hydrogen (secondary N) is 2. The molecule has 3 aromatic rings. The highest BCUT2D eigenvalue weighted by Crippen LogP contribution is 2.23. The molecule has 1 aromatic heterocycles. The van der Waals surface area contributed by atoms with Gasteiger partial charge in [-0.15, -0.1) is 11.3 Å². The Morgan fingerprint density at radius 1 is 1.04 bits per heavy atom. The summed E-state index contributed by atoms with van der Waals surface area (Å²) in [6.45, 7) is 1.04. The Labute approximate surface area is 150 Å². The van der Waals surface area contributed by atoms with Gasteiger partial charge in [0.25, 0.3) is 0 Å². The minimum Gasteiger partial charge on any atom is -0.508 e. The largest absolute Gasteiger partial charge is 0.508 e. The lowest BCUT2D eigenvalue weighted by atomic mass is 10.2. The van der Waals surface area contributed by atoms with Crippen LogP contribution in [-0.4, -0.2) is 22.7 Å². The van der Waals surface area contributed by atoms with Crippen molar-refractivity contribution in [2.75, 3.05) is 6.54 Å². The number of phenols is 1. The molecule has 128 valence electrons. The number of hydrogen-bond donors (Lipinski definition) is 3. The molecule has 6 heteroatoms. The number of aromatic nitrogens is 1. The summed E-state index contributed by atoms with van der Waals surface area (Å²) in [5.41, 5.74) is 2.92. The molecule has 0 aliphatic heterocycles. The van der Waals surface area contributed by atoms with E-state index in [1.54, 1.807) is 23.5 Å². The van der Waals surface area contributed by atoms with Crippen LogP contribution < -0.4 is 10.6 Å². The van der Waals surface area contributed by atoms with E-state index in [4.69, 9.17) is 0 Å². The average Bonchev–Trinajstić information content (AvgIpc) is 3.10. The fourth-order valence-electron chi connectivity index (χ4n) is 2.31. The quantitative estimate of drug-likeness (QED) is 0.634.